The van der Waals surface area contributed by atoms with Gasteiger partial charge in [-0.25, -0.2) is 8.78 Å². The summed E-state index contributed by atoms with van der Waals surface area (Å²) in [5, 5.41) is 0. The number of hydrogen-bond acceptors (Lipinski definition) is 2. The van der Waals surface area contributed by atoms with Gasteiger partial charge in [-0.3, -0.25) is 0 Å². The fourth-order valence-corrected chi connectivity index (χ4v) is 1.86. The van der Waals surface area contributed by atoms with Gasteiger partial charge >= 0.3 is 0 Å². The summed E-state index contributed by atoms with van der Waals surface area (Å²) in [6.07, 6.45) is -1.30. The average Bonchev–Trinajstić information content (AvgIpc) is 2.25. The Morgan fingerprint density at radius 2 is 1.73 bits per heavy atom. The largest absolute Gasteiger partial charge is 0.378 e. The second-order valence-electron chi connectivity index (χ2n) is 4.00. The lowest BCUT2D eigenvalue weighted by molar-refractivity contribution is -0.108. The van der Waals surface area contributed by atoms with Gasteiger partial charge in [0.1, 0.15) is 0 Å². The van der Waals surface area contributed by atoms with E-state index in [4.69, 9.17) is 9.47 Å². The molecule has 4 heteroatoms. The maximum atomic E-state index is 13.5. The normalized spacial score (nSPS) is 36.8. The highest BCUT2D eigenvalue weighted by molar-refractivity contribution is 4.89. The molecule has 15 heavy (non-hydrogen) atoms. The van der Waals surface area contributed by atoms with Gasteiger partial charge in [0.2, 0.25) is 0 Å². The number of hydrogen-bond donors (Lipinski definition) is 0. The summed E-state index contributed by atoms with van der Waals surface area (Å²) >= 11 is 0. The summed E-state index contributed by atoms with van der Waals surface area (Å²) in [5.41, 5.74) is 0. The Morgan fingerprint density at radius 3 is 2.33 bits per heavy atom. The molecule has 0 radical (unpaired) electrons. The molecule has 0 aromatic heterocycles. The average molecular weight is 222 g/mol. The van der Waals surface area contributed by atoms with E-state index in [1.165, 1.54) is 7.11 Å². The van der Waals surface area contributed by atoms with Crippen LogP contribution in [-0.4, -0.2) is 38.3 Å². The first-order valence-corrected chi connectivity index (χ1v) is 5.63. The van der Waals surface area contributed by atoms with Gasteiger partial charge in [-0.2, -0.15) is 0 Å². The van der Waals surface area contributed by atoms with Crippen LogP contribution in [0.25, 0.3) is 0 Å². The third kappa shape index (κ3) is 3.38. The predicted molar refractivity (Wildman–Crippen MR) is 54.5 cm³/mol. The predicted octanol–water partition coefficient (Wildman–Crippen LogP) is 2.66. The van der Waals surface area contributed by atoms with Crippen molar-refractivity contribution in [2.75, 3.05) is 13.7 Å². The summed E-state index contributed by atoms with van der Waals surface area (Å²) in [6.45, 7) is 2.56. The number of halogens is 2. The first kappa shape index (κ1) is 12.8. The minimum Gasteiger partial charge on any atom is -0.378 e. The third-order valence-corrected chi connectivity index (χ3v) is 2.88. The van der Waals surface area contributed by atoms with Gasteiger partial charge in [-0.15, -0.1) is 0 Å². The minimum absolute atomic E-state index is 0.520. The minimum atomic E-state index is -1.55. The Labute approximate surface area is 89.9 Å². The zero-order valence-corrected chi connectivity index (χ0v) is 9.42. The lowest BCUT2D eigenvalue weighted by Gasteiger charge is -2.33. The van der Waals surface area contributed by atoms with E-state index in [-0.39, 0.29) is 0 Å². The highest BCUT2D eigenvalue weighted by atomic mass is 19.2. The molecule has 0 aromatic carbocycles. The molecule has 2 nitrogen and oxygen atoms in total. The van der Waals surface area contributed by atoms with E-state index in [1.807, 2.05) is 6.92 Å². The number of methoxy groups -OCH3 is 1. The van der Waals surface area contributed by atoms with Crippen LogP contribution in [0.2, 0.25) is 0 Å². The van der Waals surface area contributed by atoms with Crippen LogP contribution in [0.5, 0.6) is 0 Å². The number of rotatable bonds is 5. The molecular formula is C11H20F2O2. The zero-order chi connectivity index (χ0) is 11.3. The van der Waals surface area contributed by atoms with Crippen molar-refractivity contribution in [2.24, 2.45) is 0 Å². The number of unbranched alkanes of at least 4 members (excludes halogenated alkanes) is 1. The van der Waals surface area contributed by atoms with Crippen molar-refractivity contribution in [1.82, 2.24) is 0 Å². The van der Waals surface area contributed by atoms with Crippen LogP contribution in [0.3, 0.4) is 0 Å². The summed E-state index contributed by atoms with van der Waals surface area (Å²) in [6, 6.07) is 0. The highest BCUT2D eigenvalue weighted by Gasteiger charge is 2.40. The molecule has 0 bridgehead atoms. The van der Waals surface area contributed by atoms with E-state index < -0.39 is 24.6 Å². The van der Waals surface area contributed by atoms with Gasteiger partial charge in [0.25, 0.3) is 0 Å². The van der Waals surface area contributed by atoms with Gasteiger partial charge in [0.15, 0.2) is 12.3 Å². The standard InChI is InChI=1S/C11H20F2O2/c1-3-4-7-15-9-6-5-8(14-2)10(12)11(9)13/h8-11H,3-7H2,1-2H3. The van der Waals surface area contributed by atoms with E-state index in [1.54, 1.807) is 0 Å². The van der Waals surface area contributed by atoms with E-state index in [0.717, 1.165) is 12.8 Å². The van der Waals surface area contributed by atoms with Gasteiger partial charge in [0, 0.05) is 13.7 Å². The Balaban J connectivity index is 2.35. The van der Waals surface area contributed by atoms with Gasteiger partial charge in [0.05, 0.1) is 12.2 Å². The molecule has 0 saturated heterocycles. The van der Waals surface area contributed by atoms with E-state index in [0.29, 0.717) is 19.4 Å². The summed E-state index contributed by atoms with van der Waals surface area (Å²) in [7, 11) is 1.42. The van der Waals surface area contributed by atoms with Crippen LogP contribution < -0.4 is 0 Å². The number of ether oxygens (including phenoxy) is 2. The van der Waals surface area contributed by atoms with Gasteiger partial charge in [-0.1, -0.05) is 13.3 Å². The molecule has 90 valence electrons. The first-order chi connectivity index (χ1) is 7.20. The van der Waals surface area contributed by atoms with Crippen molar-refractivity contribution < 1.29 is 18.3 Å². The van der Waals surface area contributed by atoms with E-state index >= 15 is 0 Å². The highest BCUT2D eigenvalue weighted by Crippen LogP contribution is 2.28. The Bertz CT molecular complexity index is 176. The Morgan fingerprint density at radius 1 is 1.13 bits per heavy atom. The van der Waals surface area contributed by atoms with Crippen molar-refractivity contribution in [3.8, 4) is 0 Å². The molecule has 0 aromatic rings. The van der Waals surface area contributed by atoms with Crippen LogP contribution in [0.4, 0.5) is 8.78 Å². The molecule has 0 heterocycles. The summed E-state index contributed by atoms with van der Waals surface area (Å²) in [4.78, 5) is 0. The lowest BCUT2D eigenvalue weighted by atomic mass is 9.91. The van der Waals surface area contributed by atoms with Crippen molar-refractivity contribution in [3.63, 3.8) is 0 Å². The topological polar surface area (TPSA) is 18.5 Å². The van der Waals surface area contributed by atoms with Crippen LogP contribution in [0.1, 0.15) is 32.6 Å². The third-order valence-electron chi connectivity index (χ3n) is 2.88. The molecule has 0 aliphatic heterocycles. The van der Waals surface area contributed by atoms with Crippen LogP contribution in [0.15, 0.2) is 0 Å². The fraction of sp³-hybridized carbons (Fsp3) is 1.00. The molecule has 0 N–H and O–H groups in total. The van der Waals surface area contributed by atoms with Crippen LogP contribution in [-0.2, 0) is 9.47 Å². The van der Waals surface area contributed by atoms with Crippen molar-refractivity contribution >= 4 is 0 Å². The van der Waals surface area contributed by atoms with Gasteiger partial charge < -0.3 is 9.47 Å². The second-order valence-corrected chi connectivity index (χ2v) is 4.00. The second kappa shape index (κ2) is 6.38. The van der Waals surface area contributed by atoms with Crippen molar-refractivity contribution in [2.45, 2.75) is 57.2 Å². The molecule has 4 unspecified atom stereocenters. The van der Waals surface area contributed by atoms with Crippen LogP contribution in [0, 0.1) is 0 Å². The fourth-order valence-electron chi connectivity index (χ4n) is 1.86. The van der Waals surface area contributed by atoms with Crippen molar-refractivity contribution in [3.05, 3.63) is 0 Å². The van der Waals surface area contributed by atoms with E-state index in [9.17, 15) is 8.78 Å². The van der Waals surface area contributed by atoms with Crippen molar-refractivity contribution in [1.29, 1.82) is 0 Å². The molecule has 1 aliphatic rings. The Kier molecular flexibility index (Phi) is 5.47. The molecule has 1 fully saturated rings. The molecule has 1 saturated carbocycles. The Hall–Kier alpha value is -0.220. The number of alkyl halides is 2. The molecule has 0 amide bonds. The quantitative estimate of drug-likeness (QED) is 0.666. The summed E-state index contributed by atoms with van der Waals surface area (Å²) < 4.78 is 37.2. The zero-order valence-electron chi connectivity index (χ0n) is 9.42. The molecule has 0 spiro atoms. The van der Waals surface area contributed by atoms with Gasteiger partial charge in [-0.05, 0) is 19.3 Å². The molecule has 1 aliphatic carbocycles. The first-order valence-electron chi connectivity index (χ1n) is 5.63. The molecule has 1 rings (SSSR count). The maximum absolute atomic E-state index is 13.5. The molecular weight excluding hydrogens is 202 g/mol. The smallest absolute Gasteiger partial charge is 0.160 e. The van der Waals surface area contributed by atoms with E-state index in [2.05, 4.69) is 0 Å². The molecule has 4 atom stereocenters. The van der Waals surface area contributed by atoms with Crippen LogP contribution >= 0.6 is 0 Å². The maximum Gasteiger partial charge on any atom is 0.160 e. The SMILES string of the molecule is CCCCOC1CCC(OC)C(F)C1F. The monoisotopic (exact) mass is 222 g/mol. The lowest BCUT2D eigenvalue weighted by Crippen LogP contribution is -2.46. The summed E-state index contributed by atoms with van der Waals surface area (Å²) in [5.74, 6) is 0.